The summed E-state index contributed by atoms with van der Waals surface area (Å²) in [6.45, 7) is 5.95. The topological polar surface area (TPSA) is 40.5 Å². The summed E-state index contributed by atoms with van der Waals surface area (Å²) in [5.41, 5.74) is 0.764. The zero-order valence-corrected chi connectivity index (χ0v) is 11.4. The smallest absolute Gasteiger partial charge is 0.336 e. The van der Waals surface area contributed by atoms with Crippen molar-refractivity contribution in [3.05, 3.63) is 35.1 Å². The predicted octanol–water partition coefficient (Wildman–Crippen LogP) is 3.14. The van der Waals surface area contributed by atoms with E-state index < -0.39 is 11.8 Å². The van der Waals surface area contributed by atoms with Crippen LogP contribution in [0.15, 0.2) is 18.2 Å². The number of likely N-dealkylation sites (tertiary alicyclic amines) is 1. The van der Waals surface area contributed by atoms with Gasteiger partial charge in [-0.1, -0.05) is 13.0 Å². The number of aromatic carboxylic acids is 1. The van der Waals surface area contributed by atoms with Gasteiger partial charge in [0.2, 0.25) is 0 Å². The Morgan fingerprint density at radius 1 is 1.47 bits per heavy atom. The van der Waals surface area contributed by atoms with E-state index in [1.807, 2.05) is 0 Å². The number of carboxylic acid groups (broad SMARTS) is 1. The maximum atomic E-state index is 13.1. The first kappa shape index (κ1) is 14.0. The van der Waals surface area contributed by atoms with E-state index in [4.69, 9.17) is 5.11 Å². The molecular weight excluding hydrogens is 245 g/mol. The van der Waals surface area contributed by atoms with Gasteiger partial charge in [0.25, 0.3) is 0 Å². The molecule has 19 heavy (non-hydrogen) atoms. The Morgan fingerprint density at radius 3 is 2.89 bits per heavy atom. The summed E-state index contributed by atoms with van der Waals surface area (Å²) in [5.74, 6) is -0.948. The lowest BCUT2D eigenvalue weighted by atomic mass is 9.91. The third-order valence-corrected chi connectivity index (χ3v) is 4.18. The molecule has 0 amide bonds. The predicted molar refractivity (Wildman–Crippen MR) is 71.6 cm³/mol. The van der Waals surface area contributed by atoms with Gasteiger partial charge < -0.3 is 5.11 Å². The van der Waals surface area contributed by atoms with Crippen molar-refractivity contribution in [2.75, 3.05) is 6.54 Å². The number of piperidine rings is 1. The fraction of sp³-hybridized carbons (Fsp3) is 0.533. The molecule has 0 bridgehead atoms. The fourth-order valence-corrected chi connectivity index (χ4v) is 2.75. The fourth-order valence-electron chi connectivity index (χ4n) is 2.75. The van der Waals surface area contributed by atoms with E-state index in [1.165, 1.54) is 12.5 Å². The minimum absolute atomic E-state index is 0.0745. The van der Waals surface area contributed by atoms with Crippen LogP contribution in [0.4, 0.5) is 4.39 Å². The first-order chi connectivity index (χ1) is 8.99. The second kappa shape index (κ2) is 5.70. The highest BCUT2D eigenvalue weighted by molar-refractivity contribution is 5.89. The van der Waals surface area contributed by atoms with E-state index in [2.05, 4.69) is 18.7 Å². The molecule has 1 N–H and O–H groups in total. The highest BCUT2D eigenvalue weighted by Crippen LogP contribution is 2.25. The number of benzene rings is 1. The van der Waals surface area contributed by atoms with Crippen molar-refractivity contribution in [1.82, 2.24) is 4.90 Å². The molecule has 104 valence electrons. The van der Waals surface area contributed by atoms with Crippen molar-refractivity contribution < 1.29 is 14.3 Å². The second-order valence-corrected chi connectivity index (χ2v) is 5.44. The van der Waals surface area contributed by atoms with E-state index in [1.54, 1.807) is 6.07 Å². The maximum absolute atomic E-state index is 13.1. The van der Waals surface area contributed by atoms with Crippen LogP contribution in [0.5, 0.6) is 0 Å². The normalized spacial score (nSPS) is 24.4. The van der Waals surface area contributed by atoms with Gasteiger partial charge in [-0.05, 0) is 49.9 Å². The van der Waals surface area contributed by atoms with Crippen LogP contribution in [0.2, 0.25) is 0 Å². The van der Waals surface area contributed by atoms with Gasteiger partial charge >= 0.3 is 5.97 Å². The van der Waals surface area contributed by atoms with Crippen LogP contribution in [0.25, 0.3) is 0 Å². The van der Waals surface area contributed by atoms with E-state index >= 15 is 0 Å². The summed E-state index contributed by atoms with van der Waals surface area (Å²) >= 11 is 0. The lowest BCUT2D eigenvalue weighted by Gasteiger charge is -2.38. The van der Waals surface area contributed by atoms with Gasteiger partial charge in [-0.3, -0.25) is 4.90 Å². The molecule has 1 aromatic rings. The average Bonchev–Trinajstić information content (AvgIpc) is 2.36. The molecule has 1 aromatic carbocycles. The van der Waals surface area contributed by atoms with Crippen LogP contribution in [-0.4, -0.2) is 28.6 Å². The van der Waals surface area contributed by atoms with Crippen LogP contribution in [0.1, 0.15) is 42.6 Å². The molecule has 0 aromatic heterocycles. The van der Waals surface area contributed by atoms with E-state index in [0.29, 0.717) is 24.1 Å². The maximum Gasteiger partial charge on any atom is 0.336 e. The van der Waals surface area contributed by atoms with Crippen LogP contribution >= 0.6 is 0 Å². The number of nitrogens with zero attached hydrogens (tertiary/aromatic N) is 1. The summed E-state index contributed by atoms with van der Waals surface area (Å²) in [4.78, 5) is 13.5. The van der Waals surface area contributed by atoms with E-state index in [9.17, 15) is 9.18 Å². The summed E-state index contributed by atoms with van der Waals surface area (Å²) in [6, 6.07) is 4.46. The van der Waals surface area contributed by atoms with Crippen LogP contribution in [0.3, 0.4) is 0 Å². The monoisotopic (exact) mass is 265 g/mol. The number of carboxylic acids is 1. The van der Waals surface area contributed by atoms with Gasteiger partial charge in [0, 0.05) is 12.6 Å². The molecule has 2 atom stereocenters. The number of hydrogen-bond donors (Lipinski definition) is 1. The number of rotatable bonds is 3. The van der Waals surface area contributed by atoms with E-state index in [0.717, 1.165) is 19.0 Å². The highest BCUT2D eigenvalue weighted by Gasteiger charge is 2.25. The quantitative estimate of drug-likeness (QED) is 0.912. The Hall–Kier alpha value is -1.42. The zero-order chi connectivity index (χ0) is 14.0. The molecule has 1 fully saturated rings. The van der Waals surface area contributed by atoms with Gasteiger partial charge in [0.05, 0.1) is 5.56 Å². The molecule has 0 saturated carbocycles. The van der Waals surface area contributed by atoms with Gasteiger partial charge in [-0.2, -0.15) is 0 Å². The molecule has 1 heterocycles. The molecule has 0 aliphatic carbocycles. The third-order valence-electron chi connectivity index (χ3n) is 4.18. The van der Waals surface area contributed by atoms with Gasteiger partial charge in [0.15, 0.2) is 0 Å². The summed E-state index contributed by atoms with van der Waals surface area (Å²) < 4.78 is 13.1. The summed E-state index contributed by atoms with van der Waals surface area (Å²) in [7, 11) is 0. The number of hydrogen-bond acceptors (Lipinski definition) is 2. The third kappa shape index (κ3) is 3.13. The minimum atomic E-state index is -1.06. The van der Waals surface area contributed by atoms with Crippen molar-refractivity contribution in [3.63, 3.8) is 0 Å². The lowest BCUT2D eigenvalue weighted by molar-refractivity contribution is 0.0689. The number of halogens is 1. The van der Waals surface area contributed by atoms with Gasteiger partial charge in [-0.15, -0.1) is 0 Å². The second-order valence-electron chi connectivity index (χ2n) is 5.44. The Morgan fingerprint density at radius 2 is 2.21 bits per heavy atom. The van der Waals surface area contributed by atoms with Crippen LogP contribution < -0.4 is 0 Å². The molecular formula is C15H20FNO2. The summed E-state index contributed by atoms with van der Waals surface area (Å²) in [6.07, 6.45) is 2.35. The van der Waals surface area contributed by atoms with Crippen molar-refractivity contribution >= 4 is 5.97 Å². The zero-order valence-electron chi connectivity index (χ0n) is 11.4. The van der Waals surface area contributed by atoms with Crippen molar-refractivity contribution in [2.24, 2.45) is 5.92 Å². The molecule has 2 rings (SSSR count). The van der Waals surface area contributed by atoms with Crippen LogP contribution in [0, 0.1) is 11.7 Å². The molecule has 0 radical (unpaired) electrons. The Kier molecular flexibility index (Phi) is 4.20. The Balaban J connectivity index is 2.21. The molecule has 1 aliphatic heterocycles. The largest absolute Gasteiger partial charge is 0.478 e. The molecule has 2 unspecified atom stereocenters. The van der Waals surface area contributed by atoms with Gasteiger partial charge in [-0.25, -0.2) is 9.18 Å². The van der Waals surface area contributed by atoms with Crippen molar-refractivity contribution in [3.8, 4) is 0 Å². The van der Waals surface area contributed by atoms with E-state index in [-0.39, 0.29) is 5.56 Å². The van der Waals surface area contributed by atoms with Gasteiger partial charge in [0.1, 0.15) is 5.82 Å². The first-order valence-electron chi connectivity index (χ1n) is 6.75. The van der Waals surface area contributed by atoms with Crippen LogP contribution in [-0.2, 0) is 6.54 Å². The number of carbonyl (C=O) groups is 1. The van der Waals surface area contributed by atoms with Crippen molar-refractivity contribution in [1.29, 1.82) is 0 Å². The molecule has 1 aliphatic rings. The highest BCUT2D eigenvalue weighted by atomic mass is 19.1. The standard InChI is InChI=1S/C15H20FNO2/c1-10-4-3-7-17(11(10)2)9-12-5-6-13(16)8-14(12)15(18)19/h5-6,8,10-11H,3-4,7,9H2,1-2H3,(H,18,19). The Labute approximate surface area is 113 Å². The molecule has 1 saturated heterocycles. The molecule has 3 nitrogen and oxygen atoms in total. The van der Waals surface area contributed by atoms with Crippen molar-refractivity contribution in [2.45, 2.75) is 39.3 Å². The Bertz CT molecular complexity index is 475. The lowest BCUT2D eigenvalue weighted by Crippen LogP contribution is -2.41. The summed E-state index contributed by atoms with van der Waals surface area (Å²) in [5, 5.41) is 9.15. The molecule has 4 heteroatoms. The average molecular weight is 265 g/mol. The molecule has 0 spiro atoms. The minimum Gasteiger partial charge on any atom is -0.478 e. The first-order valence-corrected chi connectivity index (χ1v) is 6.75. The SMILES string of the molecule is CC1CCCN(Cc2ccc(F)cc2C(=O)O)C1C.